The summed E-state index contributed by atoms with van der Waals surface area (Å²) in [6.07, 6.45) is 1.72. The number of fused-ring (bicyclic) bond motifs is 1. The zero-order valence-electron chi connectivity index (χ0n) is 19.5. The van der Waals surface area contributed by atoms with Crippen LogP contribution in [0.1, 0.15) is 34.1 Å². The molecule has 1 aliphatic rings. The number of nitrogens with zero attached hydrogens (tertiary/aromatic N) is 1. The van der Waals surface area contributed by atoms with Crippen molar-refractivity contribution in [3.63, 3.8) is 0 Å². The minimum atomic E-state index is -1.02. The Morgan fingerprint density at radius 3 is 2.23 bits per heavy atom. The van der Waals surface area contributed by atoms with E-state index in [0.29, 0.717) is 27.4 Å². The fourth-order valence-electron chi connectivity index (χ4n) is 4.64. The third-order valence-corrected chi connectivity index (χ3v) is 6.85. The SMILES string of the molecule is CC(=C1C(=O)Nc2cc(Cl)c(-c3ccc(-c4ccccc4C)cc3)cc21)c1cc(C(=O)O)n(C)c1. The molecule has 4 aromatic rings. The van der Waals surface area contributed by atoms with Gasteiger partial charge in [0.1, 0.15) is 5.69 Å². The Balaban J connectivity index is 1.58. The van der Waals surface area contributed by atoms with Crippen LogP contribution in [0.25, 0.3) is 33.4 Å². The Hall–Kier alpha value is -4.09. The Morgan fingerprint density at radius 1 is 0.943 bits per heavy atom. The average Bonchev–Trinajstić information content (AvgIpc) is 3.37. The summed E-state index contributed by atoms with van der Waals surface area (Å²) < 4.78 is 1.54. The number of carbonyl (C=O) groups is 2. The van der Waals surface area contributed by atoms with E-state index < -0.39 is 5.97 Å². The summed E-state index contributed by atoms with van der Waals surface area (Å²) in [5.41, 5.74) is 8.71. The first-order chi connectivity index (χ1) is 16.7. The van der Waals surface area contributed by atoms with Gasteiger partial charge < -0.3 is 15.0 Å². The van der Waals surface area contributed by atoms with Gasteiger partial charge in [-0.2, -0.15) is 0 Å². The highest BCUT2D eigenvalue weighted by Crippen LogP contribution is 2.42. The molecular weight excluding hydrogens is 460 g/mol. The number of allylic oxidation sites excluding steroid dienone is 1. The summed E-state index contributed by atoms with van der Waals surface area (Å²) in [5.74, 6) is -1.25. The molecule has 0 aliphatic carbocycles. The van der Waals surface area contributed by atoms with Gasteiger partial charge in [-0.05, 0) is 65.4 Å². The number of aromatic nitrogens is 1. The van der Waals surface area contributed by atoms with E-state index in [4.69, 9.17) is 11.6 Å². The molecule has 0 saturated heterocycles. The van der Waals surface area contributed by atoms with Gasteiger partial charge in [-0.3, -0.25) is 4.79 Å². The summed E-state index contributed by atoms with van der Waals surface area (Å²) >= 11 is 6.64. The molecule has 2 heterocycles. The maximum absolute atomic E-state index is 12.9. The Bertz CT molecular complexity index is 1540. The fourth-order valence-corrected chi connectivity index (χ4v) is 4.91. The number of anilines is 1. The molecule has 6 heteroatoms. The van der Waals surface area contributed by atoms with Crippen LogP contribution < -0.4 is 5.32 Å². The second kappa shape index (κ2) is 8.60. The molecule has 35 heavy (non-hydrogen) atoms. The van der Waals surface area contributed by atoms with Crippen molar-refractivity contribution in [2.24, 2.45) is 7.05 Å². The Kier molecular flexibility index (Phi) is 5.58. The Morgan fingerprint density at radius 2 is 1.60 bits per heavy atom. The second-order valence-electron chi connectivity index (χ2n) is 8.75. The molecule has 2 N–H and O–H groups in total. The molecule has 0 atom stereocenters. The van der Waals surface area contributed by atoms with Gasteiger partial charge >= 0.3 is 5.97 Å². The lowest BCUT2D eigenvalue weighted by Crippen LogP contribution is -2.05. The van der Waals surface area contributed by atoms with E-state index in [1.54, 1.807) is 29.9 Å². The molecular formula is C29H23ClN2O3. The zero-order valence-corrected chi connectivity index (χ0v) is 20.3. The third-order valence-electron chi connectivity index (χ3n) is 6.54. The quantitative estimate of drug-likeness (QED) is 0.311. The van der Waals surface area contributed by atoms with E-state index in [0.717, 1.165) is 22.3 Å². The molecule has 0 spiro atoms. The molecule has 1 aromatic heterocycles. The zero-order chi connectivity index (χ0) is 24.9. The predicted molar refractivity (Wildman–Crippen MR) is 141 cm³/mol. The van der Waals surface area contributed by atoms with E-state index in [1.807, 2.05) is 37.3 Å². The number of benzene rings is 3. The molecule has 5 nitrogen and oxygen atoms in total. The number of hydrogen-bond donors (Lipinski definition) is 2. The maximum Gasteiger partial charge on any atom is 0.352 e. The molecule has 0 unspecified atom stereocenters. The van der Waals surface area contributed by atoms with Crippen LogP contribution in [0.2, 0.25) is 5.02 Å². The highest BCUT2D eigenvalue weighted by Gasteiger charge is 2.29. The van der Waals surface area contributed by atoms with Crippen LogP contribution in [0.3, 0.4) is 0 Å². The maximum atomic E-state index is 12.9. The topological polar surface area (TPSA) is 71.3 Å². The monoisotopic (exact) mass is 482 g/mol. The molecule has 0 saturated carbocycles. The largest absolute Gasteiger partial charge is 0.477 e. The highest BCUT2D eigenvalue weighted by molar-refractivity contribution is 6.39. The van der Waals surface area contributed by atoms with Crippen molar-refractivity contribution < 1.29 is 14.7 Å². The van der Waals surface area contributed by atoms with Crippen molar-refractivity contribution in [3.8, 4) is 22.3 Å². The van der Waals surface area contributed by atoms with E-state index in [-0.39, 0.29) is 11.6 Å². The van der Waals surface area contributed by atoms with Crippen LogP contribution >= 0.6 is 11.6 Å². The average molecular weight is 483 g/mol. The number of aromatic carboxylic acids is 1. The normalized spacial score (nSPS) is 14.0. The van der Waals surface area contributed by atoms with Gasteiger partial charge in [0.05, 0.1) is 16.3 Å². The molecule has 1 aliphatic heterocycles. The first kappa shape index (κ1) is 22.7. The number of rotatable bonds is 4. The first-order valence-electron chi connectivity index (χ1n) is 11.2. The van der Waals surface area contributed by atoms with Crippen molar-refractivity contribution in [1.29, 1.82) is 0 Å². The third kappa shape index (κ3) is 3.94. The summed E-state index contributed by atoms with van der Waals surface area (Å²) in [6.45, 7) is 3.92. The van der Waals surface area contributed by atoms with Crippen molar-refractivity contribution in [2.75, 3.05) is 5.32 Å². The predicted octanol–water partition coefficient (Wildman–Crippen LogP) is 6.90. The van der Waals surface area contributed by atoms with Gasteiger partial charge in [-0.25, -0.2) is 4.79 Å². The molecule has 0 radical (unpaired) electrons. The fraction of sp³-hybridized carbons (Fsp3) is 0.103. The lowest BCUT2D eigenvalue weighted by Gasteiger charge is -2.11. The number of amides is 1. The van der Waals surface area contributed by atoms with Crippen LogP contribution in [-0.4, -0.2) is 21.6 Å². The second-order valence-corrected chi connectivity index (χ2v) is 9.16. The lowest BCUT2D eigenvalue weighted by molar-refractivity contribution is -0.110. The molecule has 0 fully saturated rings. The summed E-state index contributed by atoms with van der Waals surface area (Å²) in [4.78, 5) is 24.4. The standard InChI is InChI=1S/C29H23ClN2O3/c1-16-6-4-5-7-21(16)18-8-10-19(11-9-18)22-13-23-25(14-24(22)30)31-28(33)27(23)17(2)20-12-26(29(34)35)32(3)15-20/h4-15H,1-3H3,(H,31,33)(H,34,35). The summed E-state index contributed by atoms with van der Waals surface area (Å²) in [6, 6.07) is 21.7. The molecule has 0 bridgehead atoms. The van der Waals surface area contributed by atoms with Gasteiger partial charge in [0, 0.05) is 24.4 Å². The highest BCUT2D eigenvalue weighted by atomic mass is 35.5. The Labute approximate surface area is 208 Å². The molecule has 174 valence electrons. The van der Waals surface area contributed by atoms with Crippen molar-refractivity contribution in [1.82, 2.24) is 4.57 Å². The smallest absolute Gasteiger partial charge is 0.352 e. The van der Waals surface area contributed by atoms with Crippen molar-refractivity contribution >= 4 is 40.3 Å². The summed E-state index contributed by atoms with van der Waals surface area (Å²) in [5, 5.41) is 12.8. The van der Waals surface area contributed by atoms with Crippen molar-refractivity contribution in [2.45, 2.75) is 13.8 Å². The van der Waals surface area contributed by atoms with E-state index in [1.165, 1.54) is 11.1 Å². The number of carbonyl (C=O) groups excluding carboxylic acids is 1. The van der Waals surface area contributed by atoms with Gasteiger partial charge in [0.15, 0.2) is 0 Å². The number of halogens is 1. The van der Waals surface area contributed by atoms with Crippen molar-refractivity contribution in [3.05, 3.63) is 100 Å². The van der Waals surface area contributed by atoms with Crippen LogP contribution in [0.5, 0.6) is 0 Å². The van der Waals surface area contributed by atoms with Crippen LogP contribution in [0, 0.1) is 6.92 Å². The van der Waals surface area contributed by atoms with Gasteiger partial charge in [-0.15, -0.1) is 0 Å². The number of carboxylic acids is 1. The van der Waals surface area contributed by atoms with E-state index >= 15 is 0 Å². The van der Waals surface area contributed by atoms with Crippen LogP contribution in [-0.2, 0) is 11.8 Å². The summed E-state index contributed by atoms with van der Waals surface area (Å²) in [7, 11) is 1.67. The molecule has 5 rings (SSSR count). The number of hydrogen-bond acceptors (Lipinski definition) is 2. The van der Waals surface area contributed by atoms with E-state index in [9.17, 15) is 14.7 Å². The van der Waals surface area contributed by atoms with E-state index in [2.05, 4.69) is 36.5 Å². The lowest BCUT2D eigenvalue weighted by atomic mass is 9.93. The number of aryl methyl sites for hydroxylation is 2. The number of carboxylic acid groups (broad SMARTS) is 1. The van der Waals surface area contributed by atoms with Gasteiger partial charge in [-0.1, -0.05) is 60.1 Å². The van der Waals surface area contributed by atoms with Crippen LogP contribution in [0.15, 0.2) is 72.9 Å². The van der Waals surface area contributed by atoms with Crippen LogP contribution in [0.4, 0.5) is 5.69 Å². The molecule has 1 amide bonds. The first-order valence-corrected chi connectivity index (χ1v) is 11.5. The minimum absolute atomic E-state index is 0.157. The van der Waals surface area contributed by atoms with Gasteiger partial charge in [0.2, 0.25) is 0 Å². The number of nitrogens with one attached hydrogen (secondary N) is 1. The van der Waals surface area contributed by atoms with Gasteiger partial charge in [0.25, 0.3) is 5.91 Å². The molecule has 3 aromatic carbocycles. The minimum Gasteiger partial charge on any atom is -0.477 e.